The smallest absolute Gasteiger partial charge is 0.243 e. The zero-order valence-corrected chi connectivity index (χ0v) is 16.5. The van der Waals surface area contributed by atoms with Crippen LogP contribution < -0.4 is 5.32 Å². The molecule has 6 heteroatoms. The Morgan fingerprint density at radius 3 is 2.45 bits per heavy atom. The van der Waals surface area contributed by atoms with Crippen molar-refractivity contribution in [1.82, 2.24) is 5.01 Å². The first-order chi connectivity index (χ1) is 13.9. The summed E-state index contributed by atoms with van der Waals surface area (Å²) in [6.45, 7) is 4.74. The highest BCUT2D eigenvalue weighted by atomic mass is 16.6. The van der Waals surface area contributed by atoms with E-state index in [1.54, 1.807) is 18.2 Å². The number of nitrogens with one attached hydrogen (secondary N) is 1. The minimum atomic E-state index is -1.07. The number of nitrogens with zero attached hydrogens (tertiary/aromatic N) is 2. The Labute approximate surface area is 168 Å². The van der Waals surface area contributed by atoms with Crippen LogP contribution in [0.15, 0.2) is 71.8 Å². The maximum Gasteiger partial charge on any atom is 0.243 e. The van der Waals surface area contributed by atoms with Gasteiger partial charge in [0.1, 0.15) is 0 Å². The molecule has 2 amide bonds. The lowest BCUT2D eigenvalue weighted by Crippen LogP contribution is -2.41. The molecule has 1 atom stereocenters. The maximum absolute atomic E-state index is 12.4. The van der Waals surface area contributed by atoms with Gasteiger partial charge in [-0.3, -0.25) is 9.59 Å². The summed E-state index contributed by atoms with van der Waals surface area (Å²) < 4.78 is 6.25. The van der Waals surface area contributed by atoms with Gasteiger partial charge >= 0.3 is 0 Å². The molecule has 4 rings (SSSR count). The molecule has 0 aliphatic carbocycles. The number of hydrogen-bond donors (Lipinski definition) is 1. The third-order valence-corrected chi connectivity index (χ3v) is 4.90. The van der Waals surface area contributed by atoms with Gasteiger partial charge in [-0.05, 0) is 35.0 Å². The molecular weight excluding hydrogens is 366 g/mol. The number of carbonyl (C=O) groups is 2. The van der Waals surface area contributed by atoms with Crippen LogP contribution in [0.4, 0.5) is 5.69 Å². The van der Waals surface area contributed by atoms with E-state index in [1.807, 2.05) is 55.5 Å². The monoisotopic (exact) mass is 387 g/mol. The summed E-state index contributed by atoms with van der Waals surface area (Å²) in [5, 5.41) is 10.7. The summed E-state index contributed by atoms with van der Waals surface area (Å²) >= 11 is 0. The first-order valence-corrected chi connectivity index (χ1v) is 9.32. The van der Waals surface area contributed by atoms with Crippen molar-refractivity contribution in [3.8, 4) is 0 Å². The zero-order chi connectivity index (χ0) is 20.6. The van der Waals surface area contributed by atoms with Crippen molar-refractivity contribution >= 4 is 34.2 Å². The predicted molar refractivity (Wildman–Crippen MR) is 112 cm³/mol. The van der Waals surface area contributed by atoms with Crippen molar-refractivity contribution in [2.45, 2.75) is 26.5 Å². The van der Waals surface area contributed by atoms with E-state index in [0.29, 0.717) is 17.1 Å². The fraction of sp³-hybridized carbons (Fsp3) is 0.174. The van der Waals surface area contributed by atoms with Crippen LogP contribution in [0.2, 0.25) is 0 Å². The summed E-state index contributed by atoms with van der Waals surface area (Å²) in [5.74, 6) is -0.0699. The standard InChI is InChI=1S/C23H21N3O3/c1-15(27)24-21-10-6-9-19(14-21)22-25-26(16(2)28)23(3,29-22)20-12-11-17-7-4-5-8-18(17)13-20/h4-14H,1-3H3,(H,24,27). The summed E-state index contributed by atoms with van der Waals surface area (Å²) in [6.07, 6.45) is 0. The number of rotatable bonds is 3. The van der Waals surface area contributed by atoms with Gasteiger partial charge in [-0.25, -0.2) is 0 Å². The van der Waals surface area contributed by atoms with Crippen LogP contribution in [0, 0.1) is 0 Å². The van der Waals surface area contributed by atoms with Crippen LogP contribution in [0.1, 0.15) is 31.9 Å². The summed E-state index contributed by atoms with van der Waals surface area (Å²) in [6, 6.07) is 21.2. The SMILES string of the molecule is CC(=O)Nc1cccc(C2=NN(C(C)=O)C(C)(c3ccc4ccccc4c3)O2)c1. The molecule has 6 nitrogen and oxygen atoms in total. The highest BCUT2D eigenvalue weighted by molar-refractivity contribution is 5.99. The molecule has 1 heterocycles. The number of anilines is 1. The first-order valence-electron chi connectivity index (χ1n) is 9.32. The van der Waals surface area contributed by atoms with Crippen molar-refractivity contribution < 1.29 is 14.3 Å². The number of hydrogen-bond acceptors (Lipinski definition) is 4. The highest BCUT2D eigenvalue weighted by Gasteiger charge is 2.45. The van der Waals surface area contributed by atoms with Gasteiger partial charge in [-0.2, -0.15) is 5.01 Å². The Kier molecular flexibility index (Phi) is 4.54. The molecule has 0 spiro atoms. The molecule has 0 saturated carbocycles. The molecular formula is C23H21N3O3. The Hall–Kier alpha value is -3.67. The van der Waals surface area contributed by atoms with Crippen LogP contribution >= 0.6 is 0 Å². The lowest BCUT2D eigenvalue weighted by molar-refractivity contribution is -0.146. The molecule has 0 bridgehead atoms. The van der Waals surface area contributed by atoms with Crippen LogP contribution in [-0.4, -0.2) is 22.7 Å². The molecule has 3 aromatic carbocycles. The van der Waals surface area contributed by atoms with Gasteiger partial charge in [0, 0.05) is 37.6 Å². The number of hydrazone groups is 1. The second kappa shape index (κ2) is 7.05. The second-order valence-corrected chi connectivity index (χ2v) is 7.14. The summed E-state index contributed by atoms with van der Waals surface area (Å²) in [7, 11) is 0. The zero-order valence-electron chi connectivity index (χ0n) is 16.5. The van der Waals surface area contributed by atoms with E-state index in [2.05, 4.69) is 10.4 Å². The van der Waals surface area contributed by atoms with Crippen molar-refractivity contribution in [3.63, 3.8) is 0 Å². The van der Waals surface area contributed by atoms with E-state index in [0.717, 1.165) is 16.3 Å². The van der Waals surface area contributed by atoms with Crippen LogP contribution in [0.25, 0.3) is 10.8 Å². The number of ether oxygens (including phenoxy) is 1. The lowest BCUT2D eigenvalue weighted by atomic mass is 9.99. The maximum atomic E-state index is 12.4. The number of carbonyl (C=O) groups excluding carboxylic acids is 2. The van der Waals surface area contributed by atoms with Gasteiger partial charge < -0.3 is 10.1 Å². The quantitative estimate of drug-likeness (QED) is 0.732. The number of fused-ring (bicyclic) bond motifs is 1. The molecule has 1 unspecified atom stereocenters. The number of benzene rings is 3. The van der Waals surface area contributed by atoms with Crippen LogP contribution in [-0.2, 0) is 20.1 Å². The Morgan fingerprint density at radius 2 is 1.72 bits per heavy atom. The molecule has 1 aliphatic heterocycles. The van der Waals surface area contributed by atoms with Crippen molar-refractivity contribution in [2.75, 3.05) is 5.32 Å². The topological polar surface area (TPSA) is 71.0 Å². The average Bonchev–Trinajstić information content (AvgIpc) is 3.06. The van der Waals surface area contributed by atoms with Gasteiger partial charge in [0.05, 0.1) is 0 Å². The molecule has 29 heavy (non-hydrogen) atoms. The molecule has 0 radical (unpaired) electrons. The Bertz CT molecular complexity index is 1150. The normalized spacial score (nSPS) is 18.3. The number of amides is 2. The molecule has 0 fully saturated rings. The average molecular weight is 387 g/mol. The molecule has 3 aromatic rings. The minimum Gasteiger partial charge on any atom is -0.443 e. The molecule has 1 aliphatic rings. The van der Waals surface area contributed by atoms with Crippen molar-refractivity contribution in [1.29, 1.82) is 0 Å². The molecule has 1 N–H and O–H groups in total. The minimum absolute atomic E-state index is 0.164. The first kappa shape index (κ1) is 18.7. The van der Waals surface area contributed by atoms with Gasteiger partial charge in [0.2, 0.25) is 23.4 Å². The predicted octanol–water partition coefficient (Wildman–Crippen LogP) is 4.21. The van der Waals surface area contributed by atoms with E-state index < -0.39 is 5.72 Å². The third-order valence-electron chi connectivity index (χ3n) is 4.90. The summed E-state index contributed by atoms with van der Waals surface area (Å²) in [4.78, 5) is 23.7. The van der Waals surface area contributed by atoms with E-state index in [4.69, 9.17) is 4.74 Å². The lowest BCUT2D eigenvalue weighted by Gasteiger charge is -2.31. The van der Waals surface area contributed by atoms with Crippen LogP contribution in [0.3, 0.4) is 0 Å². The fourth-order valence-corrected chi connectivity index (χ4v) is 3.52. The Balaban J connectivity index is 1.74. The highest BCUT2D eigenvalue weighted by Crippen LogP contribution is 2.37. The van der Waals surface area contributed by atoms with Gasteiger partial charge in [-0.15, -0.1) is 5.10 Å². The Morgan fingerprint density at radius 1 is 0.966 bits per heavy atom. The van der Waals surface area contributed by atoms with Crippen molar-refractivity contribution in [3.05, 3.63) is 77.9 Å². The third kappa shape index (κ3) is 3.45. The molecule has 146 valence electrons. The van der Waals surface area contributed by atoms with E-state index >= 15 is 0 Å². The van der Waals surface area contributed by atoms with Crippen molar-refractivity contribution in [2.24, 2.45) is 5.10 Å². The van der Waals surface area contributed by atoms with Gasteiger partial charge in [0.15, 0.2) is 0 Å². The largest absolute Gasteiger partial charge is 0.443 e. The van der Waals surface area contributed by atoms with E-state index in [-0.39, 0.29) is 11.8 Å². The van der Waals surface area contributed by atoms with Crippen LogP contribution in [0.5, 0.6) is 0 Å². The molecule has 0 saturated heterocycles. The second-order valence-electron chi connectivity index (χ2n) is 7.14. The van der Waals surface area contributed by atoms with Gasteiger partial charge in [0.25, 0.3) is 0 Å². The van der Waals surface area contributed by atoms with E-state index in [1.165, 1.54) is 18.9 Å². The fourth-order valence-electron chi connectivity index (χ4n) is 3.52. The van der Waals surface area contributed by atoms with E-state index in [9.17, 15) is 9.59 Å². The molecule has 0 aromatic heterocycles. The summed E-state index contributed by atoms with van der Waals surface area (Å²) in [5.41, 5.74) is 1.06. The van der Waals surface area contributed by atoms with Gasteiger partial charge in [-0.1, -0.05) is 42.5 Å².